The fourth-order valence-corrected chi connectivity index (χ4v) is 8.92. The highest BCUT2D eigenvalue weighted by Crippen LogP contribution is 2.49. The number of hydrogen-bond acceptors (Lipinski definition) is 2. The molecule has 1 N–H and O–H groups in total. The first-order valence-electron chi connectivity index (χ1n) is 14.1. The van der Waals surface area contributed by atoms with E-state index in [0.29, 0.717) is 12.3 Å². The molecule has 39 heavy (non-hydrogen) atoms. The molecule has 2 heterocycles. The normalized spacial score (nSPS) is 13.8. The predicted molar refractivity (Wildman–Crippen MR) is 180 cm³/mol. The Morgan fingerprint density at radius 1 is 0.949 bits per heavy atom. The first-order valence-corrected chi connectivity index (χ1v) is 16.7. The monoisotopic (exact) mass is 579 g/mol. The molecule has 5 rings (SSSR count). The molecule has 1 atom stereocenters. The number of benzene rings is 3. The van der Waals surface area contributed by atoms with Crippen molar-refractivity contribution >= 4 is 54.0 Å². The van der Waals surface area contributed by atoms with Gasteiger partial charge in [-0.15, -0.1) is 11.8 Å². The average molecular weight is 580 g/mol. The summed E-state index contributed by atoms with van der Waals surface area (Å²) in [7, 11) is -0.0904. The molecular formula is C35H44ClOS2+. The van der Waals surface area contributed by atoms with Crippen LogP contribution in [-0.4, -0.2) is 17.5 Å². The lowest BCUT2D eigenvalue weighted by Crippen LogP contribution is -2.13. The number of rotatable bonds is 6. The topological polar surface area (TPSA) is 20.2 Å². The van der Waals surface area contributed by atoms with Crippen LogP contribution in [-0.2, 0) is 6.42 Å². The van der Waals surface area contributed by atoms with E-state index in [9.17, 15) is 0 Å². The third kappa shape index (κ3) is 7.19. The molecular weight excluding hydrogens is 536 g/mol. The largest absolute Gasteiger partial charge is 0.396 e. The SMILES string of the molecule is C/C=C(\C1=C(C(C)C)CS1)C(C)C.CC.Cc1ccc2c(c1)c1cc(Cl)ccc1[s+]2-c1ccc(CCO)cc1. The lowest BCUT2D eigenvalue weighted by molar-refractivity contribution is 0.299. The maximum atomic E-state index is 9.10. The van der Waals surface area contributed by atoms with Gasteiger partial charge in [0.25, 0.3) is 0 Å². The minimum Gasteiger partial charge on any atom is -0.396 e. The van der Waals surface area contributed by atoms with Gasteiger partial charge in [-0.1, -0.05) is 83.0 Å². The van der Waals surface area contributed by atoms with Crippen LogP contribution in [0.4, 0.5) is 0 Å². The fraction of sp³-hybridized carbons (Fsp3) is 0.371. The van der Waals surface area contributed by atoms with Crippen LogP contribution in [0.1, 0.15) is 59.6 Å². The van der Waals surface area contributed by atoms with E-state index in [1.165, 1.54) is 41.9 Å². The Morgan fingerprint density at radius 2 is 1.56 bits per heavy atom. The van der Waals surface area contributed by atoms with Gasteiger partial charge in [-0.2, -0.15) is 0 Å². The van der Waals surface area contributed by atoms with Gasteiger partial charge in [0.2, 0.25) is 0 Å². The zero-order chi connectivity index (χ0) is 28.7. The molecule has 1 aliphatic heterocycles. The standard InChI is InChI=1S/C21H18ClOS.C12H20S.C2H6/c1-14-2-8-20-18(12-14)19-13-16(22)5-9-21(19)24(20)17-6-3-15(4-7-17)10-11-23;1-6-10(8(2)3)12-11(7-13-12)9(4)5;1-2/h2-9,12-13,23H,10-11H2,1H3;6,8-9H,7H2,1-5H3;1-2H3/q+1;;/b;10-6-;. The Morgan fingerprint density at radius 3 is 2.08 bits per heavy atom. The smallest absolute Gasteiger partial charge is 0.187 e. The number of thiophene rings is 1. The maximum Gasteiger partial charge on any atom is 0.187 e. The van der Waals surface area contributed by atoms with E-state index in [1.54, 1.807) is 16.1 Å². The van der Waals surface area contributed by atoms with Gasteiger partial charge in [0.1, 0.15) is 0 Å². The third-order valence-corrected chi connectivity index (χ3v) is 10.7. The summed E-state index contributed by atoms with van der Waals surface area (Å²) in [6.45, 7) is 17.6. The fourth-order valence-electron chi connectivity index (χ4n) is 4.87. The number of thioether (sulfide) groups is 1. The van der Waals surface area contributed by atoms with Gasteiger partial charge in [0.05, 0.1) is 0 Å². The zero-order valence-electron chi connectivity index (χ0n) is 24.8. The van der Waals surface area contributed by atoms with Gasteiger partial charge in [0, 0.05) is 49.6 Å². The average Bonchev–Trinajstić information content (AvgIpc) is 3.20. The molecule has 0 spiro atoms. The summed E-state index contributed by atoms with van der Waals surface area (Å²) in [4.78, 5) is 2.88. The highest BCUT2D eigenvalue weighted by Gasteiger charge is 2.25. The van der Waals surface area contributed by atoms with Crippen LogP contribution in [0.3, 0.4) is 0 Å². The van der Waals surface area contributed by atoms with Crippen molar-refractivity contribution in [2.75, 3.05) is 12.4 Å². The van der Waals surface area contributed by atoms with Gasteiger partial charge in [-0.3, -0.25) is 0 Å². The molecule has 0 aliphatic carbocycles. The van der Waals surface area contributed by atoms with Gasteiger partial charge >= 0.3 is 0 Å². The molecule has 0 radical (unpaired) electrons. The van der Waals surface area contributed by atoms with Crippen LogP contribution in [0.25, 0.3) is 25.1 Å². The van der Waals surface area contributed by atoms with Crippen molar-refractivity contribution in [3.05, 3.63) is 98.9 Å². The zero-order valence-corrected chi connectivity index (χ0v) is 27.2. The van der Waals surface area contributed by atoms with Gasteiger partial charge in [-0.25, -0.2) is 0 Å². The van der Waals surface area contributed by atoms with Crippen LogP contribution < -0.4 is 0 Å². The van der Waals surface area contributed by atoms with Crippen molar-refractivity contribution in [3.63, 3.8) is 0 Å². The van der Waals surface area contributed by atoms with E-state index in [2.05, 4.69) is 102 Å². The molecule has 1 unspecified atom stereocenters. The quantitative estimate of drug-likeness (QED) is 0.229. The van der Waals surface area contributed by atoms with E-state index < -0.39 is 0 Å². The summed E-state index contributed by atoms with van der Waals surface area (Å²) in [6.07, 6.45) is 2.98. The maximum absolute atomic E-state index is 9.10. The van der Waals surface area contributed by atoms with Gasteiger partial charge in [-0.05, 0) is 85.2 Å². The first-order chi connectivity index (χ1) is 18.7. The summed E-state index contributed by atoms with van der Waals surface area (Å²) in [5.74, 6) is 2.64. The van der Waals surface area contributed by atoms with Crippen LogP contribution in [0.2, 0.25) is 5.02 Å². The molecule has 0 fully saturated rings. The number of aryl methyl sites for hydroxylation is 1. The summed E-state index contributed by atoms with van der Waals surface area (Å²) in [5, 5.41) is 12.4. The minimum atomic E-state index is -0.0904. The summed E-state index contributed by atoms with van der Waals surface area (Å²) < 4.78 is 2.71. The molecule has 1 nitrogen and oxygen atoms in total. The summed E-state index contributed by atoms with van der Waals surface area (Å²) in [6, 6.07) is 21.6. The van der Waals surface area contributed by atoms with E-state index in [-0.39, 0.29) is 17.1 Å². The lowest BCUT2D eigenvalue weighted by atomic mass is 9.95. The third-order valence-electron chi connectivity index (χ3n) is 6.92. The molecule has 3 aromatic carbocycles. The number of aliphatic hydroxyl groups is 1. The number of halogens is 1. The lowest BCUT2D eigenvalue weighted by Gasteiger charge is -2.29. The van der Waals surface area contributed by atoms with Crippen molar-refractivity contribution in [3.8, 4) is 4.90 Å². The molecule has 208 valence electrons. The summed E-state index contributed by atoms with van der Waals surface area (Å²) >= 11 is 8.27. The van der Waals surface area contributed by atoms with Crippen LogP contribution in [0, 0.1) is 18.8 Å². The predicted octanol–water partition coefficient (Wildman–Crippen LogP) is 11.5. The number of hydrogen-bond donors (Lipinski definition) is 1. The Balaban J connectivity index is 0.000000239. The Labute approximate surface area is 248 Å². The molecule has 0 amide bonds. The number of fused-ring (bicyclic) bond motifs is 3. The van der Waals surface area contributed by atoms with Crippen molar-refractivity contribution in [1.82, 2.24) is 0 Å². The molecule has 0 saturated heterocycles. The minimum absolute atomic E-state index is 0.0904. The van der Waals surface area contributed by atoms with E-state index >= 15 is 0 Å². The van der Waals surface area contributed by atoms with Crippen molar-refractivity contribution in [2.45, 2.75) is 61.8 Å². The van der Waals surface area contributed by atoms with Crippen molar-refractivity contribution < 1.29 is 5.11 Å². The molecule has 4 aromatic rings. The van der Waals surface area contributed by atoms with Gasteiger partial charge < -0.3 is 5.11 Å². The Kier molecular flexibility index (Phi) is 11.7. The second kappa shape index (κ2) is 14.6. The van der Waals surface area contributed by atoms with Crippen LogP contribution in [0.15, 0.2) is 82.8 Å². The van der Waals surface area contributed by atoms with Crippen molar-refractivity contribution in [2.24, 2.45) is 11.8 Å². The highest BCUT2D eigenvalue weighted by molar-refractivity contribution is 8.04. The van der Waals surface area contributed by atoms with Gasteiger partial charge in [0.15, 0.2) is 14.3 Å². The molecule has 4 heteroatoms. The second-order valence-corrected chi connectivity index (χ2v) is 13.6. The first kappa shape index (κ1) is 31.5. The molecule has 1 aromatic heterocycles. The molecule has 0 saturated carbocycles. The Bertz CT molecular complexity index is 1400. The van der Waals surface area contributed by atoms with Crippen LogP contribution >= 0.6 is 33.8 Å². The van der Waals surface area contributed by atoms with Crippen LogP contribution in [0.5, 0.6) is 0 Å². The molecule has 0 bridgehead atoms. The molecule has 1 aliphatic rings. The Hall–Kier alpha value is -2.04. The number of aliphatic hydroxyl groups excluding tert-OH is 1. The van der Waals surface area contributed by atoms with E-state index in [0.717, 1.165) is 10.9 Å². The second-order valence-electron chi connectivity index (χ2n) is 10.3. The highest BCUT2D eigenvalue weighted by atomic mass is 35.5. The van der Waals surface area contributed by atoms with E-state index in [4.69, 9.17) is 16.7 Å². The number of allylic oxidation sites excluding steroid dienone is 2. The van der Waals surface area contributed by atoms with E-state index in [1.807, 2.05) is 31.7 Å². The summed E-state index contributed by atoms with van der Waals surface area (Å²) in [5.41, 5.74) is 5.64. The van der Waals surface area contributed by atoms with Crippen molar-refractivity contribution in [1.29, 1.82) is 0 Å².